The van der Waals surface area contributed by atoms with Crippen LogP contribution in [0.25, 0.3) is 0 Å². The topological polar surface area (TPSA) is 69.7 Å². The number of carbonyl (C=O) groups excluding carboxylic acids is 3. The average Bonchev–Trinajstić information content (AvgIpc) is 2.90. The molecule has 0 saturated heterocycles. The first-order chi connectivity index (χ1) is 11.1. The molecule has 5 heteroatoms. The summed E-state index contributed by atoms with van der Waals surface area (Å²) in [5.41, 5.74) is -1.21. The lowest BCUT2D eigenvalue weighted by Gasteiger charge is -2.30. The van der Waals surface area contributed by atoms with Crippen LogP contribution in [0.5, 0.6) is 0 Å². The molecule has 126 valence electrons. The molecule has 1 aromatic carbocycles. The SMILES string of the molecule is CC(=O)C1=C(C)O[C@@]2(C(=O)OC(C)(C)C)C(=O)c3ccccc3[C@@H]12. The monoisotopic (exact) mass is 328 g/mol. The number of hydrogen-bond acceptors (Lipinski definition) is 5. The van der Waals surface area contributed by atoms with E-state index in [1.54, 1.807) is 52.0 Å². The lowest BCUT2D eigenvalue weighted by Crippen LogP contribution is -2.50. The van der Waals surface area contributed by atoms with Crippen molar-refractivity contribution < 1.29 is 23.9 Å². The van der Waals surface area contributed by atoms with Crippen LogP contribution >= 0.6 is 0 Å². The van der Waals surface area contributed by atoms with Crippen molar-refractivity contribution in [1.29, 1.82) is 0 Å². The molecule has 2 aliphatic rings. The summed E-state index contributed by atoms with van der Waals surface area (Å²) >= 11 is 0. The predicted octanol–water partition coefficient (Wildman–Crippen LogP) is 2.94. The molecule has 0 amide bonds. The number of carbonyl (C=O) groups is 3. The fourth-order valence-electron chi connectivity index (χ4n) is 3.53. The van der Waals surface area contributed by atoms with Gasteiger partial charge in [-0.15, -0.1) is 0 Å². The third kappa shape index (κ3) is 2.11. The molecule has 0 saturated carbocycles. The van der Waals surface area contributed by atoms with E-state index >= 15 is 0 Å². The molecule has 0 radical (unpaired) electrons. The van der Waals surface area contributed by atoms with Crippen LogP contribution in [0.3, 0.4) is 0 Å². The largest absolute Gasteiger partial charge is 0.470 e. The first-order valence-corrected chi connectivity index (χ1v) is 7.87. The van der Waals surface area contributed by atoms with E-state index in [-0.39, 0.29) is 5.78 Å². The predicted molar refractivity (Wildman–Crippen MR) is 86.6 cm³/mol. The zero-order valence-corrected chi connectivity index (χ0v) is 14.4. The minimum absolute atomic E-state index is 0.215. The van der Waals surface area contributed by atoms with Gasteiger partial charge in [-0.05, 0) is 40.2 Å². The number of fused-ring (bicyclic) bond motifs is 3. The van der Waals surface area contributed by atoms with Crippen molar-refractivity contribution in [1.82, 2.24) is 0 Å². The van der Waals surface area contributed by atoms with Crippen molar-refractivity contribution in [2.24, 2.45) is 0 Å². The molecule has 1 aromatic rings. The zero-order chi connectivity index (χ0) is 17.9. The summed E-state index contributed by atoms with van der Waals surface area (Å²) in [5.74, 6) is -1.87. The molecule has 0 fully saturated rings. The fraction of sp³-hybridized carbons (Fsp3) is 0.421. The first kappa shape index (κ1) is 16.4. The Morgan fingerprint density at radius 1 is 1.21 bits per heavy atom. The number of hydrogen-bond donors (Lipinski definition) is 0. The zero-order valence-electron chi connectivity index (χ0n) is 14.4. The van der Waals surface area contributed by atoms with E-state index in [9.17, 15) is 14.4 Å². The first-order valence-electron chi connectivity index (χ1n) is 7.87. The molecule has 0 bridgehead atoms. The van der Waals surface area contributed by atoms with E-state index in [0.29, 0.717) is 22.5 Å². The van der Waals surface area contributed by atoms with Crippen molar-refractivity contribution in [3.05, 3.63) is 46.7 Å². The van der Waals surface area contributed by atoms with Crippen LogP contribution < -0.4 is 0 Å². The van der Waals surface area contributed by atoms with Crippen LogP contribution in [0.4, 0.5) is 0 Å². The second-order valence-corrected chi connectivity index (χ2v) is 7.22. The number of Topliss-reactive ketones (excluding diaryl/α,β-unsaturated/α-hetero) is 2. The highest BCUT2D eigenvalue weighted by molar-refractivity contribution is 6.22. The highest BCUT2D eigenvalue weighted by Crippen LogP contribution is 2.54. The highest BCUT2D eigenvalue weighted by Gasteiger charge is 2.67. The third-order valence-electron chi connectivity index (χ3n) is 4.32. The highest BCUT2D eigenvalue weighted by atomic mass is 16.6. The van der Waals surface area contributed by atoms with Crippen LogP contribution in [0.15, 0.2) is 35.6 Å². The molecule has 0 spiro atoms. The molecule has 3 rings (SSSR count). The van der Waals surface area contributed by atoms with Gasteiger partial charge in [0.1, 0.15) is 11.4 Å². The Morgan fingerprint density at radius 3 is 2.42 bits per heavy atom. The quantitative estimate of drug-likeness (QED) is 0.617. The third-order valence-corrected chi connectivity index (χ3v) is 4.32. The second-order valence-electron chi connectivity index (χ2n) is 7.22. The lowest BCUT2D eigenvalue weighted by atomic mass is 9.81. The Balaban J connectivity index is 2.21. The lowest BCUT2D eigenvalue weighted by molar-refractivity contribution is -0.172. The maximum Gasteiger partial charge on any atom is 0.360 e. The van der Waals surface area contributed by atoms with Gasteiger partial charge in [-0.3, -0.25) is 9.59 Å². The van der Waals surface area contributed by atoms with Crippen LogP contribution in [0.2, 0.25) is 0 Å². The minimum atomic E-state index is -1.83. The van der Waals surface area contributed by atoms with Gasteiger partial charge in [0.2, 0.25) is 5.78 Å². The standard InChI is InChI=1S/C19H20O5/c1-10(20)14-11(2)23-19(17(22)24-18(3,4)5)15(14)12-8-6-7-9-13(12)16(19)21/h6-9,15H,1-5H3/t15-,19+/m0/s1. The molecular weight excluding hydrogens is 308 g/mol. The molecule has 1 heterocycles. The van der Waals surface area contributed by atoms with Crippen molar-refractivity contribution in [3.63, 3.8) is 0 Å². The normalized spacial score (nSPS) is 25.2. The van der Waals surface area contributed by atoms with E-state index in [0.717, 1.165) is 0 Å². The van der Waals surface area contributed by atoms with Gasteiger partial charge in [0.15, 0.2) is 5.78 Å². The average molecular weight is 328 g/mol. The molecule has 0 aromatic heterocycles. The molecular formula is C19H20O5. The van der Waals surface area contributed by atoms with Gasteiger partial charge >= 0.3 is 5.97 Å². The molecule has 1 aliphatic carbocycles. The van der Waals surface area contributed by atoms with E-state index < -0.39 is 28.9 Å². The van der Waals surface area contributed by atoms with Crippen LogP contribution in [0, 0.1) is 0 Å². The van der Waals surface area contributed by atoms with Crippen molar-refractivity contribution >= 4 is 17.5 Å². The number of allylic oxidation sites excluding steroid dienone is 1. The number of benzene rings is 1. The van der Waals surface area contributed by atoms with Gasteiger partial charge < -0.3 is 9.47 Å². The Morgan fingerprint density at radius 2 is 1.83 bits per heavy atom. The van der Waals surface area contributed by atoms with Gasteiger partial charge in [-0.2, -0.15) is 0 Å². The summed E-state index contributed by atoms with van der Waals surface area (Å²) in [5, 5.41) is 0. The molecule has 2 atom stereocenters. The Hall–Kier alpha value is -2.43. The Kier molecular flexibility index (Phi) is 3.44. The summed E-state index contributed by atoms with van der Waals surface area (Å²) in [6, 6.07) is 6.92. The van der Waals surface area contributed by atoms with Crippen LogP contribution in [0.1, 0.15) is 56.5 Å². The van der Waals surface area contributed by atoms with E-state index in [1.807, 2.05) is 0 Å². The van der Waals surface area contributed by atoms with Gasteiger partial charge in [0, 0.05) is 11.1 Å². The smallest absolute Gasteiger partial charge is 0.360 e. The van der Waals surface area contributed by atoms with Gasteiger partial charge in [0.25, 0.3) is 5.60 Å². The molecule has 1 aliphatic heterocycles. The number of ether oxygens (including phenoxy) is 2. The molecule has 24 heavy (non-hydrogen) atoms. The fourth-order valence-corrected chi connectivity index (χ4v) is 3.53. The summed E-state index contributed by atoms with van der Waals surface area (Å²) < 4.78 is 11.3. The van der Waals surface area contributed by atoms with Gasteiger partial charge in [-0.25, -0.2) is 4.79 Å². The second kappa shape index (κ2) is 5.03. The van der Waals surface area contributed by atoms with E-state index in [1.165, 1.54) is 6.92 Å². The van der Waals surface area contributed by atoms with Crippen LogP contribution in [-0.4, -0.2) is 28.7 Å². The number of ketones is 2. The van der Waals surface area contributed by atoms with Gasteiger partial charge in [-0.1, -0.05) is 24.3 Å². The molecule has 0 N–H and O–H groups in total. The molecule has 5 nitrogen and oxygen atoms in total. The minimum Gasteiger partial charge on any atom is -0.470 e. The Labute approximate surface area is 140 Å². The summed E-state index contributed by atoms with van der Waals surface area (Å²) in [7, 11) is 0. The molecule has 0 unspecified atom stereocenters. The summed E-state index contributed by atoms with van der Waals surface area (Å²) in [6.45, 7) is 8.20. The van der Waals surface area contributed by atoms with Crippen molar-refractivity contribution in [2.75, 3.05) is 0 Å². The van der Waals surface area contributed by atoms with E-state index in [4.69, 9.17) is 9.47 Å². The maximum absolute atomic E-state index is 13.1. The van der Waals surface area contributed by atoms with Crippen LogP contribution in [-0.2, 0) is 19.1 Å². The van der Waals surface area contributed by atoms with Crippen molar-refractivity contribution in [2.45, 2.75) is 51.7 Å². The van der Waals surface area contributed by atoms with Crippen molar-refractivity contribution in [3.8, 4) is 0 Å². The van der Waals surface area contributed by atoms with E-state index in [2.05, 4.69) is 0 Å². The number of rotatable bonds is 2. The summed E-state index contributed by atoms with van der Waals surface area (Å²) in [6.07, 6.45) is 0. The van der Waals surface area contributed by atoms with Gasteiger partial charge in [0.05, 0.1) is 5.92 Å². The Bertz CT molecular complexity index is 796. The maximum atomic E-state index is 13.1. The summed E-state index contributed by atoms with van der Waals surface area (Å²) in [4.78, 5) is 38.2. The number of esters is 1.